The number of aliphatic hydroxyl groups is 1. The van der Waals surface area contributed by atoms with Crippen LogP contribution in [0, 0.1) is 13.8 Å². The van der Waals surface area contributed by atoms with Crippen molar-refractivity contribution in [2.24, 2.45) is 0 Å². The van der Waals surface area contributed by atoms with Gasteiger partial charge in [-0.15, -0.1) is 0 Å². The molecule has 0 aliphatic carbocycles. The number of nitrogens with zero attached hydrogens (tertiary/aromatic N) is 1. The van der Waals surface area contributed by atoms with E-state index >= 15 is 0 Å². The van der Waals surface area contributed by atoms with E-state index in [4.69, 9.17) is 16.3 Å². The van der Waals surface area contributed by atoms with Gasteiger partial charge < -0.3 is 15.2 Å². The van der Waals surface area contributed by atoms with Crippen molar-refractivity contribution >= 4 is 11.6 Å². The number of rotatable bonds is 6. The molecule has 1 atom stereocenters. The lowest BCUT2D eigenvalue weighted by Crippen LogP contribution is -2.50. The van der Waals surface area contributed by atoms with E-state index < -0.39 is 5.60 Å². The van der Waals surface area contributed by atoms with Crippen molar-refractivity contribution in [2.45, 2.75) is 32.9 Å². The van der Waals surface area contributed by atoms with Crippen LogP contribution in [0.3, 0.4) is 0 Å². The maximum absolute atomic E-state index is 10.6. The second-order valence-electron chi connectivity index (χ2n) is 6.51. The molecule has 0 bridgehead atoms. The highest BCUT2D eigenvalue weighted by atomic mass is 35.5. The highest BCUT2D eigenvalue weighted by Crippen LogP contribution is 2.20. The van der Waals surface area contributed by atoms with Crippen LogP contribution in [0.4, 0.5) is 0 Å². The fourth-order valence-corrected chi connectivity index (χ4v) is 3.30. The summed E-state index contributed by atoms with van der Waals surface area (Å²) in [5.74, 6) is 0. The molecule has 1 fully saturated rings. The van der Waals surface area contributed by atoms with Gasteiger partial charge in [-0.05, 0) is 49.6 Å². The lowest BCUT2D eigenvalue weighted by Gasteiger charge is -2.34. The van der Waals surface area contributed by atoms with Crippen molar-refractivity contribution in [3.63, 3.8) is 0 Å². The van der Waals surface area contributed by atoms with Crippen LogP contribution in [0.15, 0.2) is 12.1 Å². The Labute approximate surface area is 138 Å². The van der Waals surface area contributed by atoms with Gasteiger partial charge in [0.25, 0.3) is 0 Å². The van der Waals surface area contributed by atoms with E-state index in [0.717, 1.165) is 37.9 Å². The van der Waals surface area contributed by atoms with Gasteiger partial charge >= 0.3 is 0 Å². The summed E-state index contributed by atoms with van der Waals surface area (Å²) in [7, 11) is 0. The van der Waals surface area contributed by atoms with Crippen LogP contribution in [0.2, 0.25) is 5.02 Å². The quantitative estimate of drug-likeness (QED) is 0.840. The minimum Gasteiger partial charge on any atom is -0.388 e. The molecule has 22 heavy (non-hydrogen) atoms. The van der Waals surface area contributed by atoms with Crippen LogP contribution in [0.5, 0.6) is 0 Å². The van der Waals surface area contributed by atoms with Crippen LogP contribution >= 0.6 is 11.6 Å². The van der Waals surface area contributed by atoms with Crippen LogP contribution in [0.25, 0.3) is 0 Å². The zero-order valence-electron chi connectivity index (χ0n) is 13.8. The Bertz CT molecular complexity index is 476. The fraction of sp³-hybridized carbons (Fsp3) is 0.647. The van der Waals surface area contributed by atoms with E-state index in [0.29, 0.717) is 13.1 Å². The number of hydrogen-bond donors (Lipinski definition) is 2. The molecule has 1 aromatic rings. The van der Waals surface area contributed by atoms with Crippen LogP contribution < -0.4 is 5.32 Å². The molecule has 4 nitrogen and oxygen atoms in total. The van der Waals surface area contributed by atoms with Gasteiger partial charge in [0.05, 0.1) is 18.8 Å². The number of aryl methyl sites for hydroxylation is 2. The third-order valence-electron chi connectivity index (χ3n) is 4.14. The van der Waals surface area contributed by atoms with Crippen molar-refractivity contribution < 1.29 is 9.84 Å². The molecule has 0 saturated carbocycles. The molecule has 1 unspecified atom stereocenters. The summed E-state index contributed by atoms with van der Waals surface area (Å²) in [6.07, 6.45) is 0. The van der Waals surface area contributed by atoms with E-state index in [2.05, 4.69) is 24.1 Å². The van der Waals surface area contributed by atoms with Crippen molar-refractivity contribution in [3.8, 4) is 0 Å². The largest absolute Gasteiger partial charge is 0.388 e. The first-order valence-corrected chi connectivity index (χ1v) is 8.24. The molecule has 1 aliphatic rings. The molecule has 0 amide bonds. The molecule has 1 heterocycles. The second kappa shape index (κ2) is 7.75. The Morgan fingerprint density at radius 2 is 1.86 bits per heavy atom. The first-order chi connectivity index (χ1) is 10.4. The van der Waals surface area contributed by atoms with E-state index in [1.165, 1.54) is 16.7 Å². The number of morpholine rings is 1. The number of nitrogens with one attached hydrogen (secondary N) is 1. The number of halogens is 1. The maximum atomic E-state index is 10.6. The highest BCUT2D eigenvalue weighted by molar-refractivity contribution is 6.30. The molecule has 124 valence electrons. The van der Waals surface area contributed by atoms with Gasteiger partial charge in [-0.1, -0.05) is 11.6 Å². The number of ether oxygens (including phenoxy) is 1. The molecular weight excluding hydrogens is 300 g/mol. The van der Waals surface area contributed by atoms with Crippen molar-refractivity contribution in [1.29, 1.82) is 0 Å². The average Bonchev–Trinajstić information content (AvgIpc) is 2.42. The van der Waals surface area contributed by atoms with Crippen LogP contribution in [-0.2, 0) is 11.3 Å². The summed E-state index contributed by atoms with van der Waals surface area (Å²) in [5, 5.41) is 14.7. The third kappa shape index (κ3) is 5.21. The summed E-state index contributed by atoms with van der Waals surface area (Å²) < 4.78 is 5.34. The molecular formula is C17H27ClN2O2. The maximum Gasteiger partial charge on any atom is 0.0869 e. The Morgan fingerprint density at radius 1 is 1.27 bits per heavy atom. The second-order valence-corrected chi connectivity index (χ2v) is 6.94. The Kier molecular flexibility index (Phi) is 6.24. The standard InChI is InChI=1S/C17H27ClN2O2/c1-13-8-15(18)9-14(2)16(13)10-19-11-17(3,21)12-20-4-6-22-7-5-20/h8-9,19,21H,4-7,10-12H2,1-3H3. The summed E-state index contributed by atoms with van der Waals surface area (Å²) in [5.41, 5.74) is 2.88. The molecule has 2 N–H and O–H groups in total. The van der Waals surface area contributed by atoms with Crippen molar-refractivity contribution in [3.05, 3.63) is 33.8 Å². The van der Waals surface area contributed by atoms with Gasteiger partial charge in [0.2, 0.25) is 0 Å². The van der Waals surface area contributed by atoms with Crippen molar-refractivity contribution in [2.75, 3.05) is 39.4 Å². The molecule has 0 spiro atoms. The van der Waals surface area contributed by atoms with Crippen LogP contribution in [0.1, 0.15) is 23.6 Å². The number of hydrogen-bond acceptors (Lipinski definition) is 4. The third-order valence-corrected chi connectivity index (χ3v) is 4.35. The topological polar surface area (TPSA) is 44.7 Å². The van der Waals surface area contributed by atoms with E-state index in [1.54, 1.807) is 0 Å². The van der Waals surface area contributed by atoms with Gasteiger partial charge in [-0.25, -0.2) is 0 Å². The lowest BCUT2D eigenvalue weighted by atomic mass is 10.0. The average molecular weight is 327 g/mol. The minimum absolute atomic E-state index is 0.561. The predicted octanol–water partition coefficient (Wildman–Crippen LogP) is 2.13. The van der Waals surface area contributed by atoms with E-state index in [1.807, 2.05) is 19.1 Å². The molecule has 5 heteroatoms. The predicted molar refractivity (Wildman–Crippen MR) is 90.5 cm³/mol. The van der Waals surface area contributed by atoms with Gasteiger partial charge in [0, 0.05) is 37.7 Å². The molecule has 1 aromatic carbocycles. The molecule has 1 aliphatic heterocycles. The first-order valence-electron chi connectivity index (χ1n) is 7.86. The normalized spacial score (nSPS) is 19.1. The van der Waals surface area contributed by atoms with E-state index in [9.17, 15) is 5.11 Å². The number of benzene rings is 1. The summed E-state index contributed by atoms with van der Waals surface area (Å²) in [6.45, 7) is 11.3. The van der Waals surface area contributed by atoms with Crippen molar-refractivity contribution in [1.82, 2.24) is 10.2 Å². The summed E-state index contributed by atoms with van der Waals surface area (Å²) in [6, 6.07) is 3.97. The SMILES string of the molecule is Cc1cc(Cl)cc(C)c1CNCC(C)(O)CN1CCOCC1. The zero-order valence-corrected chi connectivity index (χ0v) is 14.5. The zero-order chi connectivity index (χ0) is 16.2. The Hall–Kier alpha value is -0.650. The molecule has 1 saturated heterocycles. The summed E-state index contributed by atoms with van der Waals surface area (Å²) >= 11 is 6.06. The monoisotopic (exact) mass is 326 g/mol. The molecule has 0 radical (unpaired) electrons. The molecule has 2 rings (SSSR count). The van der Waals surface area contributed by atoms with Gasteiger partial charge in [-0.2, -0.15) is 0 Å². The first kappa shape index (κ1) is 17.7. The smallest absolute Gasteiger partial charge is 0.0869 e. The molecule has 0 aromatic heterocycles. The minimum atomic E-state index is -0.744. The summed E-state index contributed by atoms with van der Waals surface area (Å²) in [4.78, 5) is 2.25. The van der Waals surface area contributed by atoms with E-state index in [-0.39, 0.29) is 0 Å². The number of β-amino-alcohol motifs (C(OH)–C–C–N with tert-alkyl or cyclic N) is 1. The highest BCUT2D eigenvalue weighted by Gasteiger charge is 2.24. The van der Waals surface area contributed by atoms with Gasteiger partial charge in [0.1, 0.15) is 0 Å². The van der Waals surface area contributed by atoms with Gasteiger partial charge in [-0.3, -0.25) is 4.90 Å². The fourth-order valence-electron chi connectivity index (χ4n) is 2.97. The Morgan fingerprint density at radius 3 is 2.45 bits per heavy atom. The Balaban J connectivity index is 1.84. The van der Waals surface area contributed by atoms with Gasteiger partial charge in [0.15, 0.2) is 0 Å². The van der Waals surface area contributed by atoms with Crippen LogP contribution in [-0.4, -0.2) is 55.0 Å². The lowest BCUT2D eigenvalue weighted by molar-refractivity contribution is -0.0219.